The zero-order valence-electron chi connectivity index (χ0n) is 12.8. The number of carbonyl (C=O) groups excluding carboxylic acids is 2. The van der Waals surface area contributed by atoms with Crippen molar-refractivity contribution in [3.8, 4) is 6.07 Å². The van der Waals surface area contributed by atoms with Crippen molar-refractivity contribution in [2.45, 2.75) is 18.9 Å². The largest absolute Gasteiger partial charge is 0.368 e. The number of nitrogens with one attached hydrogen (secondary N) is 1. The molecule has 1 atom stereocenters. The molecule has 6 heteroatoms. The van der Waals surface area contributed by atoms with Crippen molar-refractivity contribution < 1.29 is 14.0 Å². The number of rotatable bonds is 6. The molecule has 0 heterocycles. The average molecular weight is 325 g/mol. The number of nitrogens with two attached hydrogens (primary N) is 1. The molecule has 0 aliphatic heterocycles. The highest BCUT2D eigenvalue weighted by molar-refractivity contribution is 5.87. The summed E-state index contributed by atoms with van der Waals surface area (Å²) in [7, 11) is 0. The van der Waals surface area contributed by atoms with Crippen molar-refractivity contribution in [1.82, 2.24) is 5.32 Å². The van der Waals surface area contributed by atoms with Gasteiger partial charge in [-0.1, -0.05) is 24.3 Å². The Morgan fingerprint density at radius 3 is 2.21 bits per heavy atom. The van der Waals surface area contributed by atoms with Gasteiger partial charge in [0, 0.05) is 6.42 Å². The molecular weight excluding hydrogens is 309 g/mol. The normalized spacial score (nSPS) is 11.3. The topological polar surface area (TPSA) is 96.0 Å². The summed E-state index contributed by atoms with van der Waals surface area (Å²) in [5.41, 5.74) is 7.27. The summed E-state index contributed by atoms with van der Waals surface area (Å²) < 4.78 is 12.9. The molecule has 0 bridgehead atoms. The van der Waals surface area contributed by atoms with Gasteiger partial charge in [0.15, 0.2) is 0 Å². The van der Waals surface area contributed by atoms with Crippen LogP contribution in [-0.4, -0.2) is 17.9 Å². The van der Waals surface area contributed by atoms with Gasteiger partial charge < -0.3 is 11.1 Å². The lowest BCUT2D eigenvalue weighted by atomic mass is 10.0. The number of nitriles is 1. The van der Waals surface area contributed by atoms with Crippen LogP contribution in [-0.2, 0) is 22.4 Å². The van der Waals surface area contributed by atoms with E-state index in [2.05, 4.69) is 5.32 Å². The van der Waals surface area contributed by atoms with E-state index >= 15 is 0 Å². The second-order valence-electron chi connectivity index (χ2n) is 5.34. The van der Waals surface area contributed by atoms with E-state index in [-0.39, 0.29) is 24.6 Å². The summed E-state index contributed by atoms with van der Waals surface area (Å²) in [6.45, 7) is 0. The third-order valence-electron chi connectivity index (χ3n) is 3.48. The number of primary amides is 1. The van der Waals surface area contributed by atoms with Crippen LogP contribution in [0.15, 0.2) is 48.5 Å². The first-order chi connectivity index (χ1) is 11.5. The van der Waals surface area contributed by atoms with Crippen LogP contribution in [0.5, 0.6) is 0 Å². The summed E-state index contributed by atoms with van der Waals surface area (Å²) in [6.07, 6.45) is 0.258. The van der Waals surface area contributed by atoms with Crippen LogP contribution in [0.25, 0.3) is 0 Å². The maximum Gasteiger partial charge on any atom is 0.240 e. The minimum absolute atomic E-state index is 0.0252. The maximum atomic E-state index is 12.9. The molecule has 0 aliphatic carbocycles. The molecule has 0 saturated heterocycles. The minimum Gasteiger partial charge on any atom is -0.368 e. The van der Waals surface area contributed by atoms with Crippen molar-refractivity contribution in [3.63, 3.8) is 0 Å². The van der Waals surface area contributed by atoms with Crippen molar-refractivity contribution in [2.75, 3.05) is 0 Å². The van der Waals surface area contributed by atoms with Crippen molar-refractivity contribution in [3.05, 3.63) is 71.0 Å². The second-order valence-corrected chi connectivity index (χ2v) is 5.34. The lowest BCUT2D eigenvalue weighted by Crippen LogP contribution is -2.46. The standard InChI is InChI=1S/C18H16FN3O2/c19-15-7-5-13(6-8-15)10-17(23)22-16(18(21)24)9-12-1-3-14(11-20)4-2-12/h1-8,16H,9-10H2,(H2,21,24)(H,22,23)/t16-/m1/s1. The Kier molecular flexibility index (Phi) is 5.63. The summed E-state index contributed by atoms with van der Waals surface area (Å²) in [4.78, 5) is 23.6. The van der Waals surface area contributed by atoms with Gasteiger partial charge in [-0.05, 0) is 35.4 Å². The zero-order valence-corrected chi connectivity index (χ0v) is 12.8. The van der Waals surface area contributed by atoms with Crippen molar-refractivity contribution in [1.29, 1.82) is 5.26 Å². The van der Waals surface area contributed by atoms with Crippen LogP contribution in [0.1, 0.15) is 16.7 Å². The molecule has 3 N–H and O–H groups in total. The van der Waals surface area contributed by atoms with E-state index in [0.717, 1.165) is 5.56 Å². The van der Waals surface area contributed by atoms with Gasteiger partial charge in [0.1, 0.15) is 11.9 Å². The Bertz CT molecular complexity index is 764. The van der Waals surface area contributed by atoms with E-state index in [1.54, 1.807) is 24.3 Å². The minimum atomic E-state index is -0.856. The summed E-state index contributed by atoms with van der Waals surface area (Å²) in [6, 6.07) is 13.4. The number of nitrogens with zero attached hydrogens (tertiary/aromatic N) is 1. The van der Waals surface area contributed by atoms with E-state index in [0.29, 0.717) is 11.1 Å². The number of hydrogen-bond acceptors (Lipinski definition) is 3. The SMILES string of the molecule is N#Cc1ccc(C[C@@H](NC(=O)Cc2ccc(F)cc2)C(N)=O)cc1. The van der Waals surface area contributed by atoms with E-state index < -0.39 is 11.9 Å². The molecule has 2 aromatic carbocycles. The molecule has 0 radical (unpaired) electrons. The molecule has 0 fully saturated rings. The van der Waals surface area contributed by atoms with E-state index in [1.165, 1.54) is 24.3 Å². The highest BCUT2D eigenvalue weighted by Crippen LogP contribution is 2.08. The third-order valence-corrected chi connectivity index (χ3v) is 3.48. The highest BCUT2D eigenvalue weighted by Gasteiger charge is 2.18. The fourth-order valence-corrected chi connectivity index (χ4v) is 2.21. The first-order valence-electron chi connectivity index (χ1n) is 7.30. The molecule has 24 heavy (non-hydrogen) atoms. The molecule has 5 nitrogen and oxygen atoms in total. The van der Waals surface area contributed by atoms with Crippen LogP contribution in [0.3, 0.4) is 0 Å². The first kappa shape index (κ1) is 17.2. The predicted octanol–water partition coefficient (Wildman–Crippen LogP) is 1.45. The smallest absolute Gasteiger partial charge is 0.240 e. The van der Waals surface area contributed by atoms with E-state index in [1.807, 2.05) is 6.07 Å². The van der Waals surface area contributed by atoms with Gasteiger partial charge >= 0.3 is 0 Å². The fraction of sp³-hybridized carbons (Fsp3) is 0.167. The third kappa shape index (κ3) is 4.92. The summed E-state index contributed by atoms with van der Waals surface area (Å²) >= 11 is 0. The first-order valence-corrected chi connectivity index (χ1v) is 7.30. The zero-order chi connectivity index (χ0) is 17.5. The molecule has 0 unspecified atom stereocenters. The molecule has 2 amide bonds. The monoisotopic (exact) mass is 325 g/mol. The lowest BCUT2D eigenvalue weighted by Gasteiger charge is -2.15. The van der Waals surface area contributed by atoms with Gasteiger partial charge in [-0.15, -0.1) is 0 Å². The van der Waals surface area contributed by atoms with Crippen LogP contribution < -0.4 is 11.1 Å². The van der Waals surface area contributed by atoms with Gasteiger partial charge in [-0.25, -0.2) is 4.39 Å². The Morgan fingerprint density at radius 1 is 1.08 bits per heavy atom. The van der Waals surface area contributed by atoms with Gasteiger partial charge in [-0.3, -0.25) is 9.59 Å². The Labute approximate surface area is 138 Å². The van der Waals surface area contributed by atoms with Crippen LogP contribution >= 0.6 is 0 Å². The summed E-state index contributed by atoms with van der Waals surface area (Å²) in [5.74, 6) is -1.40. The van der Waals surface area contributed by atoms with E-state index in [4.69, 9.17) is 11.0 Å². The van der Waals surface area contributed by atoms with Gasteiger partial charge in [0.25, 0.3) is 0 Å². The molecule has 0 aliphatic rings. The highest BCUT2D eigenvalue weighted by atomic mass is 19.1. The predicted molar refractivity (Wildman–Crippen MR) is 86.1 cm³/mol. The van der Waals surface area contributed by atoms with Crippen LogP contribution in [0.4, 0.5) is 4.39 Å². The van der Waals surface area contributed by atoms with Gasteiger partial charge in [0.05, 0.1) is 18.1 Å². The molecular formula is C18H16FN3O2. The molecule has 2 rings (SSSR count). The molecule has 122 valence electrons. The van der Waals surface area contributed by atoms with Crippen molar-refractivity contribution >= 4 is 11.8 Å². The lowest BCUT2D eigenvalue weighted by molar-refractivity contribution is -0.127. The molecule has 2 aromatic rings. The molecule has 0 spiro atoms. The van der Waals surface area contributed by atoms with Crippen LogP contribution in [0, 0.1) is 17.1 Å². The van der Waals surface area contributed by atoms with Gasteiger partial charge in [-0.2, -0.15) is 5.26 Å². The number of hydrogen-bond donors (Lipinski definition) is 2. The van der Waals surface area contributed by atoms with E-state index in [9.17, 15) is 14.0 Å². The van der Waals surface area contributed by atoms with Crippen LogP contribution in [0.2, 0.25) is 0 Å². The quantitative estimate of drug-likeness (QED) is 0.841. The number of carbonyl (C=O) groups is 2. The number of amides is 2. The molecule has 0 aromatic heterocycles. The van der Waals surface area contributed by atoms with Gasteiger partial charge in [0.2, 0.25) is 11.8 Å². The second kappa shape index (κ2) is 7.88. The summed E-state index contributed by atoms with van der Waals surface area (Å²) in [5, 5.41) is 11.4. The Balaban J connectivity index is 1.99. The van der Waals surface area contributed by atoms with Crippen molar-refractivity contribution in [2.24, 2.45) is 5.73 Å². The molecule has 0 saturated carbocycles. The fourth-order valence-electron chi connectivity index (χ4n) is 2.21. The Morgan fingerprint density at radius 2 is 1.67 bits per heavy atom. The Hall–Kier alpha value is -3.20. The number of halogens is 1. The number of benzene rings is 2. The average Bonchev–Trinajstić information content (AvgIpc) is 2.57. The maximum absolute atomic E-state index is 12.9.